The minimum atomic E-state index is 0.00461. The van der Waals surface area contributed by atoms with E-state index in [9.17, 15) is 4.39 Å². The van der Waals surface area contributed by atoms with Crippen LogP contribution in [0.15, 0.2) is 20.0 Å². The molecule has 0 radical (unpaired) electrons. The van der Waals surface area contributed by atoms with E-state index in [2.05, 4.69) is 15.9 Å². The molecule has 1 aliphatic rings. The van der Waals surface area contributed by atoms with Gasteiger partial charge < -0.3 is 0 Å². The van der Waals surface area contributed by atoms with Crippen LogP contribution in [0.5, 0.6) is 0 Å². The summed E-state index contributed by atoms with van der Waals surface area (Å²) in [7, 11) is 0. The van der Waals surface area contributed by atoms with Gasteiger partial charge in [0, 0.05) is 10.9 Å². The van der Waals surface area contributed by atoms with Gasteiger partial charge in [-0.15, -0.1) is 0 Å². The standard InChI is InChI=1S/C6H5BrFI/c7-4-2-1-3-5(8)6(4)9/h2H,1,3H2. The molecule has 0 atom stereocenters. The van der Waals surface area contributed by atoms with Crippen molar-refractivity contribution in [2.75, 3.05) is 0 Å². The van der Waals surface area contributed by atoms with Gasteiger partial charge in [0.2, 0.25) is 0 Å². The maximum Gasteiger partial charge on any atom is 0.115 e. The monoisotopic (exact) mass is 302 g/mol. The van der Waals surface area contributed by atoms with Crippen molar-refractivity contribution in [1.29, 1.82) is 0 Å². The summed E-state index contributed by atoms with van der Waals surface area (Å²) in [6.07, 6.45) is 3.37. The molecular formula is C6H5BrFI. The summed E-state index contributed by atoms with van der Waals surface area (Å²) in [4.78, 5) is 0. The molecule has 0 amide bonds. The van der Waals surface area contributed by atoms with Gasteiger partial charge in [-0.3, -0.25) is 0 Å². The number of rotatable bonds is 0. The second kappa shape index (κ2) is 3.14. The molecule has 0 aromatic carbocycles. The Morgan fingerprint density at radius 1 is 1.67 bits per heavy atom. The third-order valence-corrected chi connectivity index (χ3v) is 3.76. The van der Waals surface area contributed by atoms with Crippen LogP contribution < -0.4 is 0 Å². The summed E-state index contributed by atoms with van der Waals surface area (Å²) in [5, 5.41) is 0. The average Bonchev–Trinajstić information content (AvgIpc) is 1.83. The third kappa shape index (κ3) is 1.77. The van der Waals surface area contributed by atoms with Gasteiger partial charge in [0.1, 0.15) is 5.83 Å². The van der Waals surface area contributed by atoms with E-state index in [1.54, 1.807) is 0 Å². The highest BCUT2D eigenvalue weighted by atomic mass is 127. The Bertz CT molecular complexity index is 183. The summed E-state index contributed by atoms with van der Waals surface area (Å²) in [6.45, 7) is 0. The Balaban J connectivity index is 2.88. The van der Waals surface area contributed by atoms with Gasteiger partial charge in [-0.2, -0.15) is 0 Å². The molecule has 0 spiro atoms. The molecule has 0 nitrogen and oxygen atoms in total. The summed E-state index contributed by atoms with van der Waals surface area (Å²) in [5.74, 6) is 0.00461. The topological polar surface area (TPSA) is 0 Å². The second-order valence-corrected chi connectivity index (χ2v) is 3.74. The predicted molar refractivity (Wildman–Crippen MR) is 48.4 cm³/mol. The van der Waals surface area contributed by atoms with Crippen LogP contribution in [-0.4, -0.2) is 0 Å². The smallest absolute Gasteiger partial charge is 0.115 e. The molecule has 0 saturated carbocycles. The van der Waals surface area contributed by atoms with Crippen molar-refractivity contribution in [1.82, 2.24) is 0 Å². The maximum atomic E-state index is 12.6. The maximum absolute atomic E-state index is 12.6. The highest BCUT2D eigenvalue weighted by molar-refractivity contribution is 14.1. The van der Waals surface area contributed by atoms with E-state index in [-0.39, 0.29) is 5.83 Å². The Kier molecular flexibility index (Phi) is 2.70. The van der Waals surface area contributed by atoms with Crippen LogP contribution in [0.25, 0.3) is 0 Å². The van der Waals surface area contributed by atoms with E-state index in [1.807, 2.05) is 28.7 Å². The summed E-state index contributed by atoms with van der Waals surface area (Å²) in [6, 6.07) is 0. The van der Waals surface area contributed by atoms with E-state index in [0.29, 0.717) is 6.42 Å². The van der Waals surface area contributed by atoms with Crippen LogP contribution in [0.4, 0.5) is 4.39 Å². The molecule has 0 aliphatic heterocycles. The van der Waals surface area contributed by atoms with Crippen LogP contribution in [0.3, 0.4) is 0 Å². The summed E-state index contributed by atoms with van der Waals surface area (Å²) < 4.78 is 14.2. The van der Waals surface area contributed by atoms with Crippen LogP contribution in [-0.2, 0) is 0 Å². The zero-order chi connectivity index (χ0) is 6.85. The Morgan fingerprint density at radius 3 is 2.78 bits per heavy atom. The average molecular weight is 303 g/mol. The minimum absolute atomic E-state index is 0.00461. The zero-order valence-electron chi connectivity index (χ0n) is 4.63. The molecular weight excluding hydrogens is 298 g/mol. The van der Waals surface area contributed by atoms with Crippen molar-refractivity contribution >= 4 is 38.5 Å². The van der Waals surface area contributed by atoms with Crippen molar-refractivity contribution in [3.05, 3.63) is 20.0 Å². The van der Waals surface area contributed by atoms with Crippen molar-refractivity contribution in [2.24, 2.45) is 0 Å². The van der Waals surface area contributed by atoms with E-state index in [1.165, 1.54) is 0 Å². The van der Waals surface area contributed by atoms with E-state index in [0.717, 1.165) is 14.5 Å². The van der Waals surface area contributed by atoms with Crippen LogP contribution in [0.2, 0.25) is 0 Å². The number of hydrogen-bond acceptors (Lipinski definition) is 0. The lowest BCUT2D eigenvalue weighted by Gasteiger charge is -2.06. The molecule has 3 heteroatoms. The molecule has 0 bridgehead atoms. The van der Waals surface area contributed by atoms with Gasteiger partial charge in [-0.25, -0.2) is 4.39 Å². The third-order valence-electron chi connectivity index (χ3n) is 1.14. The van der Waals surface area contributed by atoms with E-state index >= 15 is 0 Å². The first-order chi connectivity index (χ1) is 4.22. The largest absolute Gasteiger partial charge is 0.211 e. The quantitative estimate of drug-likeness (QED) is 0.599. The molecule has 0 aromatic heterocycles. The van der Waals surface area contributed by atoms with Crippen LogP contribution in [0, 0.1) is 0 Å². The van der Waals surface area contributed by atoms with Gasteiger partial charge in [0.05, 0.1) is 3.58 Å². The predicted octanol–water partition coefficient (Wildman–Crippen LogP) is 3.68. The van der Waals surface area contributed by atoms with Crippen molar-refractivity contribution < 1.29 is 4.39 Å². The molecule has 0 N–H and O–H groups in total. The first-order valence-electron chi connectivity index (χ1n) is 2.62. The Labute approximate surface area is 75.5 Å². The fourth-order valence-electron chi connectivity index (χ4n) is 0.655. The Morgan fingerprint density at radius 2 is 2.33 bits per heavy atom. The minimum Gasteiger partial charge on any atom is -0.211 e. The lowest BCUT2D eigenvalue weighted by molar-refractivity contribution is 0.586. The normalized spacial score (nSPS) is 20.1. The molecule has 50 valence electrons. The molecule has 0 heterocycles. The molecule has 0 fully saturated rings. The molecule has 0 aromatic rings. The summed E-state index contributed by atoms with van der Waals surface area (Å²) in [5.41, 5.74) is 0. The lowest BCUT2D eigenvalue weighted by atomic mass is 10.2. The first-order valence-corrected chi connectivity index (χ1v) is 4.49. The molecule has 0 unspecified atom stereocenters. The summed E-state index contributed by atoms with van der Waals surface area (Å²) >= 11 is 5.25. The van der Waals surface area contributed by atoms with Crippen LogP contribution in [0.1, 0.15) is 12.8 Å². The van der Waals surface area contributed by atoms with Crippen molar-refractivity contribution in [3.8, 4) is 0 Å². The van der Waals surface area contributed by atoms with E-state index < -0.39 is 0 Å². The van der Waals surface area contributed by atoms with Gasteiger partial charge in [-0.1, -0.05) is 6.08 Å². The lowest BCUT2D eigenvalue weighted by Crippen LogP contribution is -1.86. The highest BCUT2D eigenvalue weighted by Gasteiger charge is 2.09. The highest BCUT2D eigenvalue weighted by Crippen LogP contribution is 2.33. The second-order valence-electron chi connectivity index (χ2n) is 1.81. The number of allylic oxidation sites excluding steroid dienone is 4. The fourth-order valence-corrected chi connectivity index (χ4v) is 1.59. The molecule has 9 heavy (non-hydrogen) atoms. The van der Waals surface area contributed by atoms with Gasteiger partial charge in [0.15, 0.2) is 0 Å². The zero-order valence-corrected chi connectivity index (χ0v) is 8.37. The number of hydrogen-bond donors (Lipinski definition) is 0. The van der Waals surface area contributed by atoms with E-state index in [4.69, 9.17) is 0 Å². The molecule has 0 saturated heterocycles. The first kappa shape index (κ1) is 7.72. The van der Waals surface area contributed by atoms with Gasteiger partial charge in [-0.05, 0) is 44.9 Å². The van der Waals surface area contributed by atoms with Crippen LogP contribution >= 0.6 is 38.5 Å². The van der Waals surface area contributed by atoms with Crippen molar-refractivity contribution in [3.63, 3.8) is 0 Å². The SMILES string of the molecule is FC1=C(I)C(Br)=CCC1. The number of halogens is 3. The molecule has 1 aliphatic carbocycles. The fraction of sp³-hybridized carbons (Fsp3) is 0.333. The molecule has 1 rings (SSSR count). The van der Waals surface area contributed by atoms with Crippen molar-refractivity contribution in [2.45, 2.75) is 12.8 Å². The Hall–Kier alpha value is 0.620. The van der Waals surface area contributed by atoms with Gasteiger partial charge in [0.25, 0.3) is 0 Å². The van der Waals surface area contributed by atoms with Gasteiger partial charge >= 0.3 is 0 Å².